The molecule has 0 N–H and O–H groups in total. The van der Waals surface area contributed by atoms with E-state index in [1.165, 1.54) is 100 Å². The van der Waals surface area contributed by atoms with Gasteiger partial charge in [-0.05, 0) is 190 Å². The molecule has 0 radical (unpaired) electrons. The van der Waals surface area contributed by atoms with Gasteiger partial charge in [-0.2, -0.15) is 4.57 Å². The second kappa shape index (κ2) is 33.4. The van der Waals surface area contributed by atoms with E-state index in [2.05, 4.69) is 385 Å². The van der Waals surface area contributed by atoms with Crippen molar-refractivity contribution in [2.75, 3.05) is 0 Å². The van der Waals surface area contributed by atoms with E-state index >= 15 is 4.57 Å². The predicted molar refractivity (Wildman–Crippen MR) is 445 cm³/mol. The van der Waals surface area contributed by atoms with E-state index in [0.29, 0.717) is 17.2 Å². The first kappa shape index (κ1) is 70.6. The van der Waals surface area contributed by atoms with E-state index in [0.717, 1.165) is 36.0 Å². The Hall–Kier alpha value is -12.1. The summed E-state index contributed by atoms with van der Waals surface area (Å²) in [5.41, 5.74) is 24.8. The molecule has 0 aromatic heterocycles. The van der Waals surface area contributed by atoms with Gasteiger partial charge in [0.05, 0.1) is 0 Å². The molecule has 107 heavy (non-hydrogen) atoms. The van der Waals surface area contributed by atoms with E-state index in [1.807, 2.05) is 36.4 Å². The number of phosphoric ester groups is 1. The van der Waals surface area contributed by atoms with Gasteiger partial charge in [-0.3, -0.25) is 0 Å². The van der Waals surface area contributed by atoms with Crippen LogP contribution in [0.25, 0.3) is 66.8 Å². The van der Waals surface area contributed by atoms with Crippen LogP contribution in [0.1, 0.15) is 126 Å². The van der Waals surface area contributed by atoms with Gasteiger partial charge in [0.1, 0.15) is 17.2 Å². The second-order valence-electron chi connectivity index (χ2n) is 27.8. The fourth-order valence-corrected chi connectivity index (χ4v) is 17.1. The third-order valence-corrected chi connectivity index (χ3v) is 22.7. The quantitative estimate of drug-likeness (QED) is 0.0481. The van der Waals surface area contributed by atoms with E-state index < -0.39 is 7.82 Å². The minimum absolute atomic E-state index is 0.0102. The fourth-order valence-electron chi connectivity index (χ4n) is 15.8. The Bertz CT molecular complexity index is 4530. The first-order chi connectivity index (χ1) is 52.7. The molecule has 524 valence electrons. The minimum Gasteiger partial charge on any atom is -0.386 e. The number of rotatable bonds is 27. The smallest absolute Gasteiger partial charge is 0.386 e. The van der Waals surface area contributed by atoms with Crippen molar-refractivity contribution in [1.82, 2.24) is 0 Å². The summed E-state index contributed by atoms with van der Waals surface area (Å²) in [6.45, 7) is 6.78. The molecule has 3 atom stereocenters. The van der Waals surface area contributed by atoms with Gasteiger partial charge >= 0.3 is 7.82 Å². The van der Waals surface area contributed by atoms with Crippen LogP contribution in [0.3, 0.4) is 0 Å². The summed E-state index contributed by atoms with van der Waals surface area (Å²) in [5.74, 6) is 1.28. The molecule has 15 aromatic carbocycles. The molecule has 0 amide bonds. The summed E-state index contributed by atoms with van der Waals surface area (Å²) in [6.07, 6.45) is 2.55. The van der Waals surface area contributed by atoms with Gasteiger partial charge in [0, 0.05) is 17.8 Å². The van der Waals surface area contributed by atoms with Crippen LogP contribution in [-0.2, 0) is 4.57 Å². The van der Waals surface area contributed by atoms with Crippen LogP contribution in [0, 0.1) is 0 Å². The Balaban J connectivity index is 0.758. The summed E-state index contributed by atoms with van der Waals surface area (Å²) in [5, 5.41) is 0. The Labute approximate surface area is 632 Å². The maximum atomic E-state index is 16.1. The number of hydrogen-bond donors (Lipinski definition) is 0. The molecular weight excluding hydrogens is 1320 g/mol. The predicted octanol–water partition coefficient (Wildman–Crippen LogP) is 28.3. The van der Waals surface area contributed by atoms with Crippen molar-refractivity contribution in [1.29, 1.82) is 0 Å². The molecule has 0 saturated heterocycles. The Morgan fingerprint density at radius 2 is 0.327 bits per heavy atom. The van der Waals surface area contributed by atoms with Crippen LogP contribution in [0.2, 0.25) is 0 Å². The van der Waals surface area contributed by atoms with Crippen molar-refractivity contribution in [3.8, 4) is 84.0 Å². The van der Waals surface area contributed by atoms with Crippen LogP contribution < -0.4 is 13.6 Å². The molecule has 0 fully saturated rings. The van der Waals surface area contributed by atoms with E-state index in [1.54, 1.807) is 0 Å². The molecule has 3 unspecified atom stereocenters. The topological polar surface area (TPSA) is 44.8 Å². The highest BCUT2D eigenvalue weighted by Gasteiger charge is 2.35. The lowest BCUT2D eigenvalue weighted by atomic mass is 9.75. The number of hydrogen-bond acceptors (Lipinski definition) is 4. The SMILES string of the molecule is CCC(c1ccc(OP(=O)(Oc2ccc(C(CC)C(c3ccc(-c4ccccc4)cc3)c3ccc(-c4ccccc4)cc3)cc2)Oc2ccc(C(CC)C(c3ccc(-c4ccccc4)cc3)c3ccc(-c4ccccc4)cc3)cc2)cc1)C(c1ccc(-c2ccccc2)cc1)c1ccc(-c2ccccc2)cc1. The molecule has 0 heterocycles. The van der Waals surface area contributed by atoms with Gasteiger partial charge in [0.15, 0.2) is 0 Å². The molecule has 4 nitrogen and oxygen atoms in total. The summed E-state index contributed by atoms with van der Waals surface area (Å²) < 4.78 is 36.2. The molecule has 15 aromatic rings. The molecular formula is C102H87O4P. The average Bonchev–Trinajstić information content (AvgIpc) is 0.791. The van der Waals surface area contributed by atoms with Crippen molar-refractivity contribution < 1.29 is 18.1 Å². The van der Waals surface area contributed by atoms with Gasteiger partial charge in [-0.1, -0.05) is 385 Å². The molecule has 0 saturated carbocycles. The summed E-state index contributed by atoms with van der Waals surface area (Å²) >= 11 is 0. The zero-order chi connectivity index (χ0) is 72.7. The average molecular weight is 1410 g/mol. The lowest BCUT2D eigenvalue weighted by Crippen LogP contribution is -2.13. The lowest BCUT2D eigenvalue weighted by molar-refractivity contribution is 0.298. The van der Waals surface area contributed by atoms with E-state index in [4.69, 9.17) is 13.6 Å². The van der Waals surface area contributed by atoms with Gasteiger partial charge in [0.25, 0.3) is 0 Å². The molecule has 15 rings (SSSR count). The molecule has 0 aliphatic rings. The number of benzene rings is 15. The van der Waals surface area contributed by atoms with Gasteiger partial charge < -0.3 is 13.6 Å². The van der Waals surface area contributed by atoms with E-state index in [9.17, 15) is 0 Å². The first-order valence-corrected chi connectivity index (χ1v) is 39.1. The number of phosphoric acid groups is 1. The van der Waals surface area contributed by atoms with Crippen LogP contribution >= 0.6 is 7.82 Å². The normalized spacial score (nSPS) is 12.8. The molecule has 0 spiro atoms. The maximum Gasteiger partial charge on any atom is 0.647 e. The lowest BCUT2D eigenvalue weighted by Gasteiger charge is -2.29. The van der Waals surface area contributed by atoms with Crippen molar-refractivity contribution in [3.05, 3.63) is 450 Å². The van der Waals surface area contributed by atoms with Crippen molar-refractivity contribution in [3.63, 3.8) is 0 Å². The summed E-state index contributed by atoms with van der Waals surface area (Å²) in [6, 6.07) is 142. The molecule has 0 aliphatic heterocycles. The van der Waals surface area contributed by atoms with Crippen LogP contribution in [-0.4, -0.2) is 0 Å². The first-order valence-electron chi connectivity index (χ1n) is 37.6. The molecule has 0 aliphatic carbocycles. The van der Waals surface area contributed by atoms with Crippen molar-refractivity contribution in [2.45, 2.75) is 75.5 Å². The van der Waals surface area contributed by atoms with Gasteiger partial charge in [-0.25, -0.2) is 0 Å². The van der Waals surface area contributed by atoms with Crippen molar-refractivity contribution in [2.24, 2.45) is 0 Å². The van der Waals surface area contributed by atoms with Crippen LogP contribution in [0.4, 0.5) is 0 Å². The highest BCUT2D eigenvalue weighted by molar-refractivity contribution is 7.49. The van der Waals surface area contributed by atoms with Gasteiger partial charge in [0.2, 0.25) is 0 Å². The summed E-state index contributed by atoms with van der Waals surface area (Å²) in [4.78, 5) is 0. The van der Waals surface area contributed by atoms with Crippen molar-refractivity contribution >= 4 is 7.82 Å². The zero-order valence-electron chi connectivity index (χ0n) is 60.8. The molecule has 0 bridgehead atoms. The minimum atomic E-state index is -4.55. The monoisotopic (exact) mass is 1410 g/mol. The standard InChI is InChI=1S/C102H87O4P/c1-4-97(100(88-49-37-79(38-50-88)73-25-13-7-14-26-73)89-51-39-80(40-52-89)74-27-15-8-16-28-74)85-61-67-94(68-62-85)104-107(103,105-95-69-63-86(64-70-95)98(5-2)101(90-53-41-81(42-54-90)75-29-17-9-18-30-75)91-55-43-82(44-56-91)76-31-19-10-20-32-76)106-96-71-65-87(66-72-96)99(6-3)102(92-57-45-83(46-58-92)77-33-21-11-22-34-77)93-59-47-84(48-60-93)78-35-23-12-24-36-78/h7-72,97-102H,4-6H2,1-3H3. The van der Waals surface area contributed by atoms with Crippen LogP contribution in [0.15, 0.2) is 400 Å². The van der Waals surface area contributed by atoms with Crippen LogP contribution in [0.5, 0.6) is 17.2 Å². The Morgan fingerprint density at radius 3 is 0.477 bits per heavy atom. The summed E-state index contributed by atoms with van der Waals surface area (Å²) in [7, 11) is -4.55. The Morgan fingerprint density at radius 1 is 0.187 bits per heavy atom. The third kappa shape index (κ3) is 16.6. The van der Waals surface area contributed by atoms with E-state index in [-0.39, 0.29) is 35.5 Å². The third-order valence-electron chi connectivity index (χ3n) is 21.4. The Kier molecular flexibility index (Phi) is 22.0. The fraction of sp³-hybridized carbons (Fsp3) is 0.118. The highest BCUT2D eigenvalue weighted by Crippen LogP contribution is 2.52. The second-order valence-corrected chi connectivity index (χ2v) is 29.3. The zero-order valence-corrected chi connectivity index (χ0v) is 61.7. The highest BCUT2D eigenvalue weighted by atomic mass is 31.2. The maximum absolute atomic E-state index is 16.1. The van der Waals surface area contributed by atoms with Gasteiger partial charge in [-0.15, -0.1) is 0 Å². The molecule has 5 heteroatoms. The largest absolute Gasteiger partial charge is 0.647 e.